The van der Waals surface area contributed by atoms with Crippen molar-refractivity contribution in [2.24, 2.45) is 0 Å². The number of nitrogens with zero attached hydrogens (tertiary/aromatic N) is 1. The molecule has 8 heteroatoms. The van der Waals surface area contributed by atoms with Crippen molar-refractivity contribution in [3.63, 3.8) is 0 Å². The molecular weight excluding hydrogens is 251 g/mol. The summed E-state index contributed by atoms with van der Waals surface area (Å²) in [5.41, 5.74) is -0.643. The Morgan fingerprint density at radius 1 is 1.56 bits per heavy atom. The van der Waals surface area contributed by atoms with Crippen LogP contribution in [0.3, 0.4) is 0 Å². The third-order valence-electron chi connectivity index (χ3n) is 2.84. The fourth-order valence-electron chi connectivity index (χ4n) is 1.85. The number of aryl methyl sites for hydroxylation is 1. The molecule has 95 valence electrons. The van der Waals surface area contributed by atoms with Crippen molar-refractivity contribution in [1.29, 1.82) is 0 Å². The molecule has 0 saturated carbocycles. The number of ether oxygens (including phenoxy) is 1. The summed E-state index contributed by atoms with van der Waals surface area (Å²) in [4.78, 5) is 24.9. The van der Waals surface area contributed by atoms with Crippen LogP contribution in [0, 0.1) is 6.92 Å². The zero-order valence-electron chi connectivity index (χ0n) is 10.3. The summed E-state index contributed by atoms with van der Waals surface area (Å²) in [6.45, 7) is 1.26. The van der Waals surface area contributed by atoms with Gasteiger partial charge in [0.25, 0.3) is 5.56 Å². The number of aliphatic hydroxyl groups excluding tert-OH is 2. The van der Waals surface area contributed by atoms with E-state index >= 15 is 0 Å². The van der Waals surface area contributed by atoms with Crippen molar-refractivity contribution in [1.82, 2.24) is 9.55 Å². The fraction of sp³-hybridized carbons (Fsp3) is 0.600. The summed E-state index contributed by atoms with van der Waals surface area (Å²) < 4.78 is 6.54. The molecule has 1 saturated heterocycles. The molecule has 1 aliphatic heterocycles. The van der Waals surface area contributed by atoms with Gasteiger partial charge in [0.05, 0.1) is 12.7 Å². The van der Waals surface area contributed by atoms with E-state index in [1.165, 1.54) is 10.8 Å². The van der Waals surface area contributed by atoms with Gasteiger partial charge in [-0.1, -0.05) is 0 Å². The Balaban J connectivity index is 0.00000162. The van der Waals surface area contributed by atoms with Crippen LogP contribution in [0.5, 0.6) is 0 Å². The van der Waals surface area contributed by atoms with E-state index in [-0.39, 0.29) is 42.6 Å². The zero-order valence-corrected chi connectivity index (χ0v) is 12.3. The maximum absolute atomic E-state index is 11.6. The van der Waals surface area contributed by atoms with E-state index < -0.39 is 29.7 Å². The van der Waals surface area contributed by atoms with Gasteiger partial charge in [-0.15, -0.1) is 0 Å². The Kier molecular flexibility index (Phi) is 5.32. The first-order valence-electron chi connectivity index (χ1n) is 5.29. The number of rotatable bonds is 2. The summed E-state index contributed by atoms with van der Waals surface area (Å²) >= 11 is 0. The Morgan fingerprint density at radius 3 is 2.78 bits per heavy atom. The van der Waals surface area contributed by atoms with Gasteiger partial charge in [-0.2, -0.15) is 0 Å². The van der Waals surface area contributed by atoms with Crippen molar-refractivity contribution in [2.75, 3.05) is 6.61 Å². The Hall–Kier alpha value is -0.440. The van der Waals surface area contributed by atoms with Crippen LogP contribution in [-0.2, 0) is 4.74 Å². The molecule has 1 aliphatic rings. The SMILES string of the molecule is Cc1cn([C@H]2C[C@H](O)[C@@H](CO)O2)c(=O)[nH]c1=O.[Na]. The van der Waals surface area contributed by atoms with Crippen LogP contribution >= 0.6 is 0 Å². The number of hydrogen-bond acceptors (Lipinski definition) is 5. The summed E-state index contributed by atoms with van der Waals surface area (Å²) in [6, 6.07) is 0. The predicted octanol–water partition coefficient (Wildman–Crippen LogP) is -1.90. The second-order valence-corrected chi connectivity index (χ2v) is 4.09. The molecule has 1 aromatic rings. The van der Waals surface area contributed by atoms with E-state index in [9.17, 15) is 14.7 Å². The molecule has 1 radical (unpaired) electrons. The number of aromatic amines is 1. The van der Waals surface area contributed by atoms with Gasteiger partial charge in [0.2, 0.25) is 0 Å². The van der Waals surface area contributed by atoms with E-state index in [0.717, 1.165) is 0 Å². The van der Waals surface area contributed by atoms with Gasteiger partial charge >= 0.3 is 5.69 Å². The first kappa shape index (κ1) is 15.6. The minimum absolute atomic E-state index is 0. The molecule has 7 nitrogen and oxygen atoms in total. The Labute approximate surface area is 125 Å². The third-order valence-corrected chi connectivity index (χ3v) is 2.84. The standard InChI is InChI=1S/C10H14N2O5.Na/c1-5-3-12(10(16)11-9(5)15)8-2-6(14)7(4-13)17-8;/h3,6-8,13-14H,2,4H2,1H3,(H,11,15,16);/t6-,7+,8+;/m0./s1. The first-order chi connectivity index (χ1) is 8.02. The summed E-state index contributed by atoms with van der Waals surface area (Å²) in [5.74, 6) is 0. The van der Waals surface area contributed by atoms with E-state index in [1.54, 1.807) is 6.92 Å². The van der Waals surface area contributed by atoms with Gasteiger partial charge in [-0.05, 0) is 6.92 Å². The number of nitrogens with one attached hydrogen (secondary N) is 1. The maximum Gasteiger partial charge on any atom is 0.330 e. The molecule has 0 aromatic carbocycles. The predicted molar refractivity (Wildman–Crippen MR) is 63.4 cm³/mol. The van der Waals surface area contributed by atoms with E-state index in [1.807, 2.05) is 0 Å². The molecule has 1 fully saturated rings. The molecular formula is C10H14N2NaO5. The van der Waals surface area contributed by atoms with Gasteiger partial charge in [-0.3, -0.25) is 14.3 Å². The zero-order chi connectivity index (χ0) is 12.6. The number of aliphatic hydroxyl groups is 2. The molecule has 0 bridgehead atoms. The largest absolute Gasteiger partial charge is 0.394 e. The van der Waals surface area contributed by atoms with Crippen LogP contribution in [0.1, 0.15) is 18.2 Å². The molecule has 2 rings (SSSR count). The monoisotopic (exact) mass is 265 g/mol. The van der Waals surface area contributed by atoms with Crippen molar-refractivity contribution in [3.05, 3.63) is 32.6 Å². The summed E-state index contributed by atoms with van der Waals surface area (Å²) in [6.07, 6.45) is -0.581. The molecule has 0 unspecified atom stereocenters. The minimum atomic E-state index is -0.816. The van der Waals surface area contributed by atoms with Gasteiger partial charge < -0.3 is 14.9 Å². The molecule has 0 spiro atoms. The van der Waals surface area contributed by atoms with Gasteiger partial charge in [0.15, 0.2) is 0 Å². The van der Waals surface area contributed by atoms with E-state index in [2.05, 4.69) is 4.98 Å². The first-order valence-corrected chi connectivity index (χ1v) is 5.29. The minimum Gasteiger partial charge on any atom is -0.394 e. The summed E-state index contributed by atoms with van der Waals surface area (Å²) in [7, 11) is 0. The molecule has 1 aromatic heterocycles. The Bertz CT molecular complexity index is 526. The van der Waals surface area contributed by atoms with Gasteiger partial charge in [-0.25, -0.2) is 4.79 Å². The number of H-pyrrole nitrogens is 1. The van der Waals surface area contributed by atoms with Gasteiger partial charge in [0.1, 0.15) is 12.3 Å². The van der Waals surface area contributed by atoms with Crippen LogP contribution in [0.15, 0.2) is 15.8 Å². The quantitative estimate of drug-likeness (QED) is 0.542. The molecule has 2 heterocycles. The maximum atomic E-state index is 11.6. The van der Waals surface area contributed by atoms with Crippen LogP contribution < -0.4 is 11.2 Å². The van der Waals surface area contributed by atoms with Crippen LogP contribution in [-0.4, -0.2) is 68.1 Å². The smallest absolute Gasteiger partial charge is 0.330 e. The normalized spacial score (nSPS) is 26.9. The van der Waals surface area contributed by atoms with Crippen molar-refractivity contribution in [2.45, 2.75) is 31.8 Å². The van der Waals surface area contributed by atoms with Crippen LogP contribution in [0.25, 0.3) is 0 Å². The number of hydrogen-bond donors (Lipinski definition) is 3. The average molecular weight is 265 g/mol. The molecule has 3 atom stereocenters. The van der Waals surface area contributed by atoms with Crippen LogP contribution in [0.4, 0.5) is 0 Å². The molecule has 0 amide bonds. The number of aromatic nitrogens is 2. The Morgan fingerprint density at radius 2 is 2.22 bits per heavy atom. The second-order valence-electron chi connectivity index (χ2n) is 4.09. The van der Waals surface area contributed by atoms with E-state index in [4.69, 9.17) is 9.84 Å². The fourth-order valence-corrected chi connectivity index (χ4v) is 1.85. The van der Waals surface area contributed by atoms with Gasteiger partial charge in [0, 0.05) is 47.7 Å². The second kappa shape index (κ2) is 6.14. The average Bonchev–Trinajstić information content (AvgIpc) is 2.65. The summed E-state index contributed by atoms with van der Waals surface area (Å²) in [5, 5.41) is 18.5. The van der Waals surface area contributed by atoms with Crippen molar-refractivity contribution >= 4 is 29.6 Å². The van der Waals surface area contributed by atoms with Crippen molar-refractivity contribution in [3.8, 4) is 0 Å². The molecule has 3 N–H and O–H groups in total. The van der Waals surface area contributed by atoms with E-state index in [0.29, 0.717) is 5.56 Å². The molecule has 18 heavy (non-hydrogen) atoms. The van der Waals surface area contributed by atoms with Crippen molar-refractivity contribution < 1.29 is 14.9 Å². The molecule has 0 aliphatic carbocycles. The topological polar surface area (TPSA) is 105 Å². The van der Waals surface area contributed by atoms with Crippen LogP contribution in [0.2, 0.25) is 0 Å². The third kappa shape index (κ3) is 2.93.